The van der Waals surface area contributed by atoms with Gasteiger partial charge < -0.3 is 14.0 Å². The molecule has 1 heterocycles. The van der Waals surface area contributed by atoms with Crippen LogP contribution in [0.15, 0.2) is 0 Å². The minimum atomic E-state index is -0.479. The molecule has 2 rings (SSSR count). The van der Waals surface area contributed by atoms with Gasteiger partial charge in [0.15, 0.2) is 0 Å². The largest absolute Gasteiger partial charge is 0.640 e. The molecule has 4 heteroatoms. The van der Waals surface area contributed by atoms with Crippen molar-refractivity contribution in [2.75, 3.05) is 0 Å². The van der Waals surface area contributed by atoms with Gasteiger partial charge in [-0.25, -0.2) is 0 Å². The van der Waals surface area contributed by atoms with Crippen LogP contribution in [0, 0.1) is 0 Å². The summed E-state index contributed by atoms with van der Waals surface area (Å²) in [5, 5.41) is 0. The van der Waals surface area contributed by atoms with E-state index in [4.69, 9.17) is 14.0 Å². The summed E-state index contributed by atoms with van der Waals surface area (Å²) in [6.45, 7) is 8.21. The average Bonchev–Trinajstić information content (AvgIpc) is 2.36. The first-order valence-electron chi connectivity index (χ1n) is 6.42. The van der Waals surface area contributed by atoms with Crippen molar-refractivity contribution < 1.29 is 14.0 Å². The molecule has 0 aromatic carbocycles. The first kappa shape index (κ1) is 12.4. The fraction of sp³-hybridized carbons (Fsp3) is 1.00. The summed E-state index contributed by atoms with van der Waals surface area (Å²) in [4.78, 5) is 0. The van der Waals surface area contributed by atoms with Gasteiger partial charge >= 0.3 is 7.32 Å². The lowest BCUT2D eigenvalue weighted by Gasteiger charge is -2.31. The molecule has 1 aliphatic carbocycles. The topological polar surface area (TPSA) is 27.7 Å². The van der Waals surface area contributed by atoms with Gasteiger partial charge in [-0.3, -0.25) is 0 Å². The zero-order chi connectivity index (χ0) is 11.8. The molecule has 0 aromatic heterocycles. The smallest absolute Gasteiger partial charge is 0.383 e. The van der Waals surface area contributed by atoms with Crippen molar-refractivity contribution >= 4 is 7.32 Å². The highest BCUT2D eigenvalue weighted by Crippen LogP contribution is 2.37. The fourth-order valence-corrected chi connectivity index (χ4v) is 2.20. The van der Waals surface area contributed by atoms with Crippen molar-refractivity contribution in [2.24, 2.45) is 0 Å². The van der Waals surface area contributed by atoms with Gasteiger partial charge in [0.1, 0.15) is 0 Å². The molecule has 0 aromatic rings. The molecule has 0 radical (unpaired) electrons. The van der Waals surface area contributed by atoms with Crippen LogP contribution in [0.1, 0.15) is 59.8 Å². The highest BCUT2D eigenvalue weighted by Gasteiger charge is 2.53. The molecule has 1 saturated heterocycles. The molecule has 3 nitrogen and oxygen atoms in total. The van der Waals surface area contributed by atoms with Gasteiger partial charge in [0.05, 0.1) is 11.2 Å². The SMILES string of the molecule is CC1(C)OB(OC2CCCCC2)OC1(C)C. The van der Waals surface area contributed by atoms with Crippen molar-refractivity contribution in [1.82, 2.24) is 0 Å². The highest BCUT2D eigenvalue weighted by atomic mass is 16.8. The second-order valence-electron chi connectivity index (χ2n) is 5.94. The Morgan fingerprint density at radius 3 is 1.94 bits per heavy atom. The van der Waals surface area contributed by atoms with Crippen molar-refractivity contribution in [1.29, 1.82) is 0 Å². The third-order valence-electron chi connectivity index (χ3n) is 4.09. The summed E-state index contributed by atoms with van der Waals surface area (Å²) in [6, 6.07) is 0. The van der Waals surface area contributed by atoms with Crippen LogP contribution in [0.3, 0.4) is 0 Å². The Labute approximate surface area is 99.0 Å². The number of hydrogen-bond acceptors (Lipinski definition) is 3. The Kier molecular flexibility index (Phi) is 3.35. The quantitative estimate of drug-likeness (QED) is 0.677. The number of rotatable bonds is 2. The Hall–Kier alpha value is -0.0551. The molecule has 0 bridgehead atoms. The zero-order valence-corrected chi connectivity index (χ0v) is 10.9. The van der Waals surface area contributed by atoms with Crippen molar-refractivity contribution in [3.05, 3.63) is 0 Å². The molecule has 0 unspecified atom stereocenters. The van der Waals surface area contributed by atoms with Crippen LogP contribution in [0.4, 0.5) is 0 Å². The summed E-state index contributed by atoms with van der Waals surface area (Å²) >= 11 is 0. The second-order valence-corrected chi connectivity index (χ2v) is 5.94. The molecular formula is C12H23BO3. The van der Waals surface area contributed by atoms with Gasteiger partial charge in [-0.15, -0.1) is 0 Å². The third kappa shape index (κ3) is 2.44. The lowest BCUT2D eigenvalue weighted by Crippen LogP contribution is -2.41. The standard InChI is InChI=1S/C12H23BO3/c1-11(2)12(3,4)16-13(15-11)14-10-8-6-5-7-9-10/h10H,5-9H2,1-4H3. The monoisotopic (exact) mass is 226 g/mol. The van der Waals surface area contributed by atoms with Gasteiger partial charge in [-0.05, 0) is 40.5 Å². The van der Waals surface area contributed by atoms with Crippen molar-refractivity contribution in [3.63, 3.8) is 0 Å². The van der Waals surface area contributed by atoms with Crippen LogP contribution in [0.25, 0.3) is 0 Å². The van der Waals surface area contributed by atoms with E-state index in [-0.39, 0.29) is 11.2 Å². The molecule has 1 aliphatic heterocycles. The lowest BCUT2D eigenvalue weighted by atomic mass is 9.90. The van der Waals surface area contributed by atoms with Crippen LogP contribution in [0.5, 0.6) is 0 Å². The maximum absolute atomic E-state index is 5.88. The van der Waals surface area contributed by atoms with Gasteiger partial charge in [-0.2, -0.15) is 0 Å². The maximum Gasteiger partial charge on any atom is 0.640 e. The van der Waals surface area contributed by atoms with Gasteiger partial charge in [0.2, 0.25) is 0 Å². The van der Waals surface area contributed by atoms with Gasteiger partial charge in [0, 0.05) is 6.10 Å². The minimum Gasteiger partial charge on any atom is -0.383 e. The fourth-order valence-electron chi connectivity index (χ4n) is 2.20. The molecule has 0 spiro atoms. The predicted molar refractivity (Wildman–Crippen MR) is 64.0 cm³/mol. The van der Waals surface area contributed by atoms with Crippen molar-refractivity contribution in [2.45, 2.75) is 77.1 Å². The summed E-state index contributed by atoms with van der Waals surface area (Å²) < 4.78 is 17.5. The molecule has 0 amide bonds. The van der Waals surface area contributed by atoms with Gasteiger partial charge in [-0.1, -0.05) is 19.3 Å². The Morgan fingerprint density at radius 2 is 1.44 bits per heavy atom. The van der Waals surface area contributed by atoms with Crippen LogP contribution < -0.4 is 0 Å². The highest BCUT2D eigenvalue weighted by molar-refractivity contribution is 6.37. The van der Waals surface area contributed by atoms with E-state index in [1.54, 1.807) is 0 Å². The van der Waals surface area contributed by atoms with E-state index < -0.39 is 7.32 Å². The van der Waals surface area contributed by atoms with Crippen LogP contribution in [-0.2, 0) is 14.0 Å². The molecule has 2 fully saturated rings. The molecule has 0 N–H and O–H groups in total. The molecule has 1 saturated carbocycles. The zero-order valence-electron chi connectivity index (χ0n) is 10.9. The Balaban J connectivity index is 1.88. The van der Waals surface area contributed by atoms with Gasteiger partial charge in [0.25, 0.3) is 0 Å². The Morgan fingerprint density at radius 1 is 0.938 bits per heavy atom. The van der Waals surface area contributed by atoms with Crippen LogP contribution in [0.2, 0.25) is 0 Å². The van der Waals surface area contributed by atoms with E-state index in [0.717, 1.165) is 12.8 Å². The van der Waals surface area contributed by atoms with Crippen molar-refractivity contribution in [3.8, 4) is 0 Å². The molecule has 16 heavy (non-hydrogen) atoms. The molecule has 2 aliphatic rings. The van der Waals surface area contributed by atoms with E-state index in [1.807, 2.05) is 0 Å². The van der Waals surface area contributed by atoms with E-state index in [1.165, 1.54) is 19.3 Å². The predicted octanol–water partition coefficient (Wildman–Crippen LogP) is 2.92. The van der Waals surface area contributed by atoms with Crippen LogP contribution >= 0.6 is 0 Å². The lowest BCUT2D eigenvalue weighted by molar-refractivity contribution is 0.00578. The first-order chi connectivity index (χ1) is 7.41. The second kappa shape index (κ2) is 4.32. The number of hydrogen-bond donors (Lipinski definition) is 0. The first-order valence-corrected chi connectivity index (χ1v) is 6.42. The summed E-state index contributed by atoms with van der Waals surface area (Å²) in [7, 11) is -0.479. The van der Waals surface area contributed by atoms with E-state index in [0.29, 0.717) is 6.10 Å². The van der Waals surface area contributed by atoms with E-state index in [9.17, 15) is 0 Å². The average molecular weight is 226 g/mol. The van der Waals surface area contributed by atoms with E-state index in [2.05, 4.69) is 27.7 Å². The molecule has 0 atom stereocenters. The minimum absolute atomic E-state index is 0.285. The van der Waals surface area contributed by atoms with Crippen LogP contribution in [-0.4, -0.2) is 24.6 Å². The molecule has 92 valence electrons. The normalized spacial score (nSPS) is 29.6. The summed E-state index contributed by atoms with van der Waals surface area (Å²) in [5.74, 6) is 0. The summed E-state index contributed by atoms with van der Waals surface area (Å²) in [6.07, 6.45) is 6.48. The maximum atomic E-state index is 5.88. The third-order valence-corrected chi connectivity index (χ3v) is 4.09. The Bertz CT molecular complexity index is 231. The molecular weight excluding hydrogens is 203 g/mol. The van der Waals surface area contributed by atoms with E-state index >= 15 is 0 Å². The summed E-state index contributed by atoms with van der Waals surface area (Å²) in [5.41, 5.74) is -0.571.